The number of nitrogens with zero attached hydrogens (tertiary/aromatic N) is 1. The number of sulfonamides is 1. The van der Waals surface area contributed by atoms with Gasteiger partial charge >= 0.3 is 34.4 Å². The van der Waals surface area contributed by atoms with Crippen LogP contribution < -0.4 is 24.0 Å². The Morgan fingerprint density at radius 3 is 1.85 bits per heavy atom. The van der Waals surface area contributed by atoms with Crippen LogP contribution in [-0.4, -0.2) is 76.9 Å². The van der Waals surface area contributed by atoms with Crippen LogP contribution in [0.1, 0.15) is 6.92 Å². The molecule has 0 atom stereocenters. The van der Waals surface area contributed by atoms with Gasteiger partial charge in [0.05, 0.1) is 39.6 Å². The summed E-state index contributed by atoms with van der Waals surface area (Å²) in [4.78, 5) is 11.7. The second-order valence-electron chi connectivity index (χ2n) is 4.65. The molecule has 26 heavy (non-hydrogen) atoms. The molecule has 0 aliphatic heterocycles. The first-order valence-corrected chi connectivity index (χ1v) is 8.60. The minimum atomic E-state index is -5.82. The number of rotatable bonds is 13. The Morgan fingerprint density at radius 1 is 1.04 bits per heavy atom. The quantitative estimate of drug-likeness (QED) is 0.181. The van der Waals surface area contributed by atoms with E-state index in [0.717, 1.165) is 6.92 Å². The number of ether oxygens (including phenoxy) is 3. The van der Waals surface area contributed by atoms with Crippen LogP contribution >= 0.6 is 0 Å². The maximum Gasteiger partial charge on any atom is 1.00 e. The molecule has 0 aromatic rings. The van der Waals surface area contributed by atoms with Crippen molar-refractivity contribution in [3.05, 3.63) is 12.2 Å². The number of alkyl halides is 3. The van der Waals surface area contributed by atoms with Gasteiger partial charge in [0, 0.05) is 12.2 Å². The summed E-state index contributed by atoms with van der Waals surface area (Å²) in [6.45, 7) is 3.20. The number of hydrogen-bond donors (Lipinski definition) is 0. The molecular formula is C13H21F3LiNO7S. The van der Waals surface area contributed by atoms with E-state index in [-0.39, 0.29) is 68.4 Å². The Kier molecular flexibility index (Phi) is 14.4. The first-order chi connectivity index (χ1) is 11.6. The second-order valence-corrected chi connectivity index (χ2v) is 6.50. The minimum absolute atomic E-state index is 0. The molecular weight excluding hydrogens is 378 g/mol. The fourth-order valence-corrected chi connectivity index (χ4v) is 2.36. The van der Waals surface area contributed by atoms with Gasteiger partial charge < -0.3 is 19.3 Å². The van der Waals surface area contributed by atoms with Crippen LogP contribution in [0, 0.1) is 0 Å². The molecule has 0 bridgehead atoms. The molecule has 0 radical (unpaired) electrons. The average molecular weight is 399 g/mol. The fraction of sp³-hybridized carbons (Fsp3) is 0.769. The molecule has 0 aromatic carbocycles. The van der Waals surface area contributed by atoms with E-state index in [4.69, 9.17) is 14.2 Å². The van der Waals surface area contributed by atoms with Gasteiger partial charge in [0.1, 0.15) is 0 Å². The summed E-state index contributed by atoms with van der Waals surface area (Å²) >= 11 is 0. The minimum Gasteiger partial charge on any atom is -0.853 e. The molecule has 0 aromatic heterocycles. The van der Waals surface area contributed by atoms with Crippen molar-refractivity contribution in [3.8, 4) is 0 Å². The molecule has 148 valence electrons. The van der Waals surface area contributed by atoms with Crippen LogP contribution in [0.5, 0.6) is 0 Å². The summed E-state index contributed by atoms with van der Waals surface area (Å²) in [5, 5.41) is 10.1. The van der Waals surface area contributed by atoms with E-state index >= 15 is 0 Å². The zero-order valence-electron chi connectivity index (χ0n) is 14.7. The van der Waals surface area contributed by atoms with Crippen molar-refractivity contribution in [2.45, 2.75) is 12.4 Å². The maximum atomic E-state index is 12.6. The predicted octanol–water partition coefficient (Wildman–Crippen LogP) is -3.35. The van der Waals surface area contributed by atoms with Crippen molar-refractivity contribution < 1.29 is 64.6 Å². The molecule has 13 heteroatoms. The SMILES string of the molecule is C=C(C)C(=O)N(CCOCCOCCOCC[O-])S(=O)(=O)C(F)(F)F.[Li+]. The van der Waals surface area contributed by atoms with Gasteiger partial charge in [-0.25, -0.2) is 4.31 Å². The van der Waals surface area contributed by atoms with Gasteiger partial charge in [0.25, 0.3) is 5.91 Å². The van der Waals surface area contributed by atoms with Gasteiger partial charge in [-0.2, -0.15) is 21.6 Å². The Morgan fingerprint density at radius 2 is 1.46 bits per heavy atom. The molecule has 1 amide bonds. The first-order valence-electron chi connectivity index (χ1n) is 7.16. The average Bonchev–Trinajstić information content (AvgIpc) is 2.50. The van der Waals surface area contributed by atoms with Crippen molar-refractivity contribution in [3.63, 3.8) is 0 Å². The van der Waals surface area contributed by atoms with Gasteiger partial charge in [-0.3, -0.25) is 4.79 Å². The van der Waals surface area contributed by atoms with E-state index in [0.29, 0.717) is 0 Å². The van der Waals surface area contributed by atoms with Crippen molar-refractivity contribution in [1.82, 2.24) is 4.31 Å². The predicted molar refractivity (Wildman–Crippen MR) is 78.8 cm³/mol. The molecule has 0 saturated carbocycles. The van der Waals surface area contributed by atoms with Gasteiger partial charge in [0.15, 0.2) is 0 Å². The van der Waals surface area contributed by atoms with Crippen molar-refractivity contribution >= 4 is 15.9 Å². The fourth-order valence-electron chi connectivity index (χ4n) is 1.42. The summed E-state index contributed by atoms with van der Waals surface area (Å²) in [6, 6.07) is 0. The second kappa shape index (κ2) is 13.5. The molecule has 0 fully saturated rings. The van der Waals surface area contributed by atoms with E-state index in [9.17, 15) is 31.5 Å². The monoisotopic (exact) mass is 399 g/mol. The van der Waals surface area contributed by atoms with E-state index in [1.54, 1.807) is 0 Å². The Labute approximate surface area is 162 Å². The van der Waals surface area contributed by atoms with Gasteiger partial charge in [-0.15, -0.1) is 6.61 Å². The molecule has 0 unspecified atom stereocenters. The third kappa shape index (κ3) is 9.91. The number of halogens is 3. The third-order valence-corrected chi connectivity index (χ3v) is 4.10. The Bertz CT molecular complexity index is 528. The first kappa shape index (κ1) is 27.6. The van der Waals surface area contributed by atoms with Gasteiger partial charge in [0.2, 0.25) is 0 Å². The zero-order chi connectivity index (χ0) is 19.5. The van der Waals surface area contributed by atoms with E-state index in [2.05, 4.69) is 6.58 Å². The van der Waals surface area contributed by atoms with E-state index in [1.165, 1.54) is 0 Å². The zero-order valence-corrected chi connectivity index (χ0v) is 15.5. The molecule has 0 rings (SSSR count). The molecule has 0 spiro atoms. The van der Waals surface area contributed by atoms with Crippen LogP contribution in [0.25, 0.3) is 0 Å². The van der Waals surface area contributed by atoms with Crippen LogP contribution in [0.15, 0.2) is 12.2 Å². The summed E-state index contributed by atoms with van der Waals surface area (Å²) in [5.74, 6) is -1.35. The van der Waals surface area contributed by atoms with E-state index < -0.39 is 34.6 Å². The van der Waals surface area contributed by atoms with Crippen LogP contribution in [0.4, 0.5) is 13.2 Å². The van der Waals surface area contributed by atoms with Crippen LogP contribution in [-0.2, 0) is 29.0 Å². The van der Waals surface area contributed by atoms with Crippen molar-refractivity contribution in [1.29, 1.82) is 0 Å². The molecule has 0 N–H and O–H groups in total. The molecule has 0 saturated heterocycles. The standard InChI is InChI=1S/C13H21F3NO7S.Li/c1-11(2)12(19)17(25(20,21)13(14,15)16)3-5-22-7-9-24-10-8-23-6-4-18;/h1,3-10H2,2H3;/q-1;+1. The van der Waals surface area contributed by atoms with Crippen LogP contribution in [0.3, 0.4) is 0 Å². The molecule has 0 heterocycles. The largest absolute Gasteiger partial charge is 1.00 e. The Hall–Kier alpha value is -0.613. The third-order valence-electron chi connectivity index (χ3n) is 2.58. The van der Waals surface area contributed by atoms with Crippen molar-refractivity contribution in [2.24, 2.45) is 0 Å². The van der Waals surface area contributed by atoms with Gasteiger partial charge in [-0.1, -0.05) is 6.58 Å². The number of hydrogen-bond acceptors (Lipinski definition) is 7. The van der Waals surface area contributed by atoms with Crippen LogP contribution in [0.2, 0.25) is 0 Å². The smallest absolute Gasteiger partial charge is 0.853 e. The topological polar surface area (TPSA) is 105 Å². The molecule has 8 nitrogen and oxygen atoms in total. The van der Waals surface area contributed by atoms with Gasteiger partial charge in [-0.05, 0) is 6.92 Å². The molecule has 0 aliphatic rings. The van der Waals surface area contributed by atoms with E-state index in [1.807, 2.05) is 0 Å². The summed E-state index contributed by atoms with van der Waals surface area (Å²) in [6.07, 6.45) is 0. The summed E-state index contributed by atoms with van der Waals surface area (Å²) < 4.78 is 75.2. The summed E-state index contributed by atoms with van der Waals surface area (Å²) in [5.41, 5.74) is -5.96. The Balaban J connectivity index is 0. The summed E-state index contributed by atoms with van der Waals surface area (Å²) in [7, 11) is -5.82. The number of carbonyl (C=O) groups is 1. The normalized spacial score (nSPS) is 11.7. The molecule has 0 aliphatic carbocycles. The maximum absolute atomic E-state index is 12.6. The number of carbonyl (C=O) groups excluding carboxylic acids is 1. The number of amides is 1. The van der Waals surface area contributed by atoms with Crippen molar-refractivity contribution in [2.75, 3.05) is 52.8 Å².